The van der Waals surface area contributed by atoms with Crippen molar-refractivity contribution in [2.24, 2.45) is 0 Å². The van der Waals surface area contributed by atoms with Gasteiger partial charge in [0.05, 0.1) is 0 Å². The first kappa shape index (κ1) is 12.4. The highest BCUT2D eigenvalue weighted by Gasteiger charge is 2.13. The van der Waals surface area contributed by atoms with Crippen LogP contribution in [0.1, 0.15) is 33.5 Å². The Morgan fingerprint density at radius 2 is 1.89 bits per heavy atom. The van der Waals surface area contributed by atoms with E-state index < -0.39 is 0 Å². The van der Waals surface area contributed by atoms with Gasteiger partial charge in [0.1, 0.15) is 0 Å². The molecule has 0 N–H and O–H groups in total. The third-order valence-electron chi connectivity index (χ3n) is 3.67. The van der Waals surface area contributed by atoms with Crippen LogP contribution >= 0.6 is 11.6 Å². The Kier molecular flexibility index (Phi) is 3.39. The SMILES string of the molecule is O=C(Cc1ccc2c(c1)CCC2)c1cccc(Cl)c1. The first-order valence-electron chi connectivity index (χ1n) is 6.62. The molecule has 0 saturated heterocycles. The average molecular weight is 271 g/mol. The Hall–Kier alpha value is -1.60. The number of hydrogen-bond acceptors (Lipinski definition) is 1. The Morgan fingerprint density at radius 3 is 2.74 bits per heavy atom. The summed E-state index contributed by atoms with van der Waals surface area (Å²) in [4.78, 5) is 12.2. The topological polar surface area (TPSA) is 17.1 Å². The first-order valence-corrected chi connectivity index (χ1v) is 6.99. The first-order chi connectivity index (χ1) is 9.22. The number of hydrogen-bond donors (Lipinski definition) is 0. The molecule has 0 radical (unpaired) electrons. The summed E-state index contributed by atoms with van der Waals surface area (Å²) in [5.74, 6) is 0.125. The minimum atomic E-state index is 0.125. The van der Waals surface area contributed by atoms with Crippen molar-refractivity contribution in [3.63, 3.8) is 0 Å². The van der Waals surface area contributed by atoms with Gasteiger partial charge in [-0.15, -0.1) is 0 Å². The number of Topliss-reactive ketones (excluding diaryl/α,β-unsaturated/α-hetero) is 1. The molecule has 0 aliphatic heterocycles. The maximum Gasteiger partial charge on any atom is 0.167 e. The molecule has 0 atom stereocenters. The van der Waals surface area contributed by atoms with E-state index in [1.165, 1.54) is 24.0 Å². The lowest BCUT2D eigenvalue weighted by Crippen LogP contribution is -2.04. The molecular weight excluding hydrogens is 256 g/mol. The van der Waals surface area contributed by atoms with Crippen LogP contribution in [0.15, 0.2) is 42.5 Å². The van der Waals surface area contributed by atoms with Gasteiger partial charge in [0.15, 0.2) is 5.78 Å². The number of ketones is 1. The van der Waals surface area contributed by atoms with Crippen LogP contribution in [0, 0.1) is 0 Å². The van der Waals surface area contributed by atoms with Crippen LogP contribution < -0.4 is 0 Å². The molecule has 0 bridgehead atoms. The van der Waals surface area contributed by atoms with Crippen molar-refractivity contribution in [1.82, 2.24) is 0 Å². The Morgan fingerprint density at radius 1 is 1.05 bits per heavy atom. The molecule has 0 spiro atoms. The van der Waals surface area contributed by atoms with Crippen molar-refractivity contribution in [2.45, 2.75) is 25.7 Å². The number of benzene rings is 2. The fourth-order valence-corrected chi connectivity index (χ4v) is 2.87. The van der Waals surface area contributed by atoms with Crippen LogP contribution in [0.5, 0.6) is 0 Å². The predicted molar refractivity (Wildman–Crippen MR) is 78.0 cm³/mol. The lowest BCUT2D eigenvalue weighted by Gasteiger charge is -2.05. The van der Waals surface area contributed by atoms with Gasteiger partial charge in [-0.1, -0.05) is 41.9 Å². The van der Waals surface area contributed by atoms with E-state index in [4.69, 9.17) is 11.6 Å². The molecule has 96 valence electrons. The van der Waals surface area contributed by atoms with E-state index >= 15 is 0 Å². The van der Waals surface area contributed by atoms with Gasteiger partial charge >= 0.3 is 0 Å². The van der Waals surface area contributed by atoms with Crippen LogP contribution in [0.3, 0.4) is 0 Å². The molecular formula is C17H15ClO. The Bertz CT molecular complexity index is 631. The molecule has 1 aliphatic carbocycles. The summed E-state index contributed by atoms with van der Waals surface area (Å²) < 4.78 is 0. The van der Waals surface area contributed by atoms with E-state index in [1.807, 2.05) is 12.1 Å². The van der Waals surface area contributed by atoms with Crippen molar-refractivity contribution in [3.05, 3.63) is 69.7 Å². The summed E-state index contributed by atoms with van der Waals surface area (Å²) in [7, 11) is 0. The third kappa shape index (κ3) is 2.71. The van der Waals surface area contributed by atoms with Gasteiger partial charge in [0.25, 0.3) is 0 Å². The van der Waals surface area contributed by atoms with Gasteiger partial charge in [-0.2, -0.15) is 0 Å². The van der Waals surface area contributed by atoms with Crippen molar-refractivity contribution >= 4 is 17.4 Å². The molecule has 3 rings (SSSR count). The number of aryl methyl sites for hydroxylation is 2. The summed E-state index contributed by atoms with van der Waals surface area (Å²) in [6, 6.07) is 13.6. The average Bonchev–Trinajstić information content (AvgIpc) is 2.86. The number of halogens is 1. The molecule has 0 aromatic heterocycles. The molecule has 2 heteroatoms. The Labute approximate surface area is 118 Å². The van der Waals surface area contributed by atoms with Gasteiger partial charge in [-0.3, -0.25) is 4.79 Å². The third-order valence-corrected chi connectivity index (χ3v) is 3.91. The second kappa shape index (κ2) is 5.18. The quantitative estimate of drug-likeness (QED) is 0.762. The zero-order chi connectivity index (χ0) is 13.2. The maximum absolute atomic E-state index is 12.2. The molecule has 2 aromatic rings. The smallest absolute Gasteiger partial charge is 0.167 e. The molecule has 0 unspecified atom stereocenters. The van der Waals surface area contributed by atoms with E-state index in [0.29, 0.717) is 17.0 Å². The second-order valence-electron chi connectivity index (χ2n) is 5.07. The lowest BCUT2D eigenvalue weighted by molar-refractivity contribution is 0.0993. The summed E-state index contributed by atoms with van der Waals surface area (Å²) in [6.45, 7) is 0. The van der Waals surface area contributed by atoms with Gasteiger partial charge in [-0.05, 0) is 48.1 Å². The number of carbonyl (C=O) groups excluding carboxylic acids is 1. The van der Waals surface area contributed by atoms with Gasteiger partial charge in [-0.25, -0.2) is 0 Å². The minimum Gasteiger partial charge on any atom is -0.294 e. The normalized spacial score (nSPS) is 13.3. The molecule has 2 aromatic carbocycles. The number of carbonyl (C=O) groups is 1. The van der Waals surface area contributed by atoms with Crippen LogP contribution in [-0.4, -0.2) is 5.78 Å². The molecule has 0 saturated carbocycles. The standard InChI is InChI=1S/C17H15ClO/c18-16-6-2-5-15(11-16)17(19)10-12-7-8-13-3-1-4-14(13)9-12/h2,5-9,11H,1,3-4,10H2. The molecule has 0 amide bonds. The predicted octanol–water partition coefficient (Wildman–Crippen LogP) is 4.25. The summed E-state index contributed by atoms with van der Waals surface area (Å²) in [5, 5.41) is 0.611. The van der Waals surface area contributed by atoms with Crippen molar-refractivity contribution < 1.29 is 4.79 Å². The molecule has 19 heavy (non-hydrogen) atoms. The van der Waals surface area contributed by atoms with Crippen molar-refractivity contribution in [3.8, 4) is 0 Å². The maximum atomic E-state index is 12.2. The zero-order valence-electron chi connectivity index (χ0n) is 10.7. The van der Waals surface area contributed by atoms with Gasteiger partial charge in [0.2, 0.25) is 0 Å². The van der Waals surface area contributed by atoms with E-state index in [0.717, 1.165) is 12.0 Å². The summed E-state index contributed by atoms with van der Waals surface area (Å²) in [5.41, 5.74) is 4.65. The van der Waals surface area contributed by atoms with Crippen molar-refractivity contribution in [1.29, 1.82) is 0 Å². The van der Waals surface area contributed by atoms with E-state index in [9.17, 15) is 4.79 Å². The summed E-state index contributed by atoms with van der Waals surface area (Å²) in [6.07, 6.45) is 4.01. The Balaban J connectivity index is 1.80. The fourth-order valence-electron chi connectivity index (χ4n) is 2.68. The van der Waals surface area contributed by atoms with Crippen LogP contribution in [0.2, 0.25) is 5.02 Å². The highest BCUT2D eigenvalue weighted by molar-refractivity contribution is 6.31. The molecule has 0 heterocycles. The monoisotopic (exact) mass is 270 g/mol. The largest absolute Gasteiger partial charge is 0.294 e. The van der Waals surface area contributed by atoms with E-state index in [2.05, 4.69) is 18.2 Å². The van der Waals surface area contributed by atoms with Gasteiger partial charge < -0.3 is 0 Å². The van der Waals surface area contributed by atoms with Crippen LogP contribution in [0.4, 0.5) is 0 Å². The van der Waals surface area contributed by atoms with Crippen LogP contribution in [0.25, 0.3) is 0 Å². The van der Waals surface area contributed by atoms with Gasteiger partial charge in [0, 0.05) is 17.0 Å². The van der Waals surface area contributed by atoms with Crippen LogP contribution in [-0.2, 0) is 19.3 Å². The number of fused-ring (bicyclic) bond motifs is 1. The lowest BCUT2D eigenvalue weighted by atomic mass is 10.00. The number of rotatable bonds is 3. The second-order valence-corrected chi connectivity index (χ2v) is 5.50. The van der Waals surface area contributed by atoms with Crippen molar-refractivity contribution in [2.75, 3.05) is 0 Å². The highest BCUT2D eigenvalue weighted by atomic mass is 35.5. The molecule has 1 aliphatic rings. The fraction of sp³-hybridized carbons (Fsp3) is 0.235. The minimum absolute atomic E-state index is 0.125. The highest BCUT2D eigenvalue weighted by Crippen LogP contribution is 2.23. The molecule has 1 nitrogen and oxygen atoms in total. The molecule has 0 fully saturated rings. The summed E-state index contributed by atoms with van der Waals surface area (Å²) >= 11 is 5.92. The zero-order valence-corrected chi connectivity index (χ0v) is 11.4. The van der Waals surface area contributed by atoms with E-state index in [-0.39, 0.29) is 5.78 Å². The van der Waals surface area contributed by atoms with E-state index in [1.54, 1.807) is 12.1 Å².